The molecule has 1 aromatic rings. The van der Waals surface area contributed by atoms with Crippen LogP contribution in [0.25, 0.3) is 0 Å². The molecule has 0 bridgehead atoms. The minimum absolute atomic E-state index is 0.0569. The van der Waals surface area contributed by atoms with Gasteiger partial charge in [-0.3, -0.25) is 4.79 Å². The average Bonchev–Trinajstić information content (AvgIpc) is 2.62. The van der Waals surface area contributed by atoms with Crippen LogP contribution in [0.3, 0.4) is 0 Å². The van der Waals surface area contributed by atoms with Crippen LogP contribution in [0, 0.1) is 0 Å². The summed E-state index contributed by atoms with van der Waals surface area (Å²) < 4.78 is 1.96. The van der Waals surface area contributed by atoms with Crippen LogP contribution in [0.2, 0.25) is 0 Å². The Balaban J connectivity index is 1.68. The van der Waals surface area contributed by atoms with Crippen molar-refractivity contribution in [2.24, 2.45) is 12.8 Å². The van der Waals surface area contributed by atoms with E-state index in [4.69, 9.17) is 5.73 Å². The minimum atomic E-state index is -0.229. The number of amides is 1. The first-order chi connectivity index (χ1) is 8.09. The molecule has 0 atom stereocenters. The summed E-state index contributed by atoms with van der Waals surface area (Å²) in [7, 11) is 1.95. The number of nitrogens with two attached hydrogens (primary N) is 1. The molecule has 1 aliphatic carbocycles. The normalized spacial score (nSPS) is 17.5. The standard InChI is InChI=1S/C12H20N4O/c1-16-8-7-14-10(16)3-6-15-11(17)9-12(13)4-2-5-12/h7-8H,2-6,9,13H2,1H3,(H,15,17). The van der Waals surface area contributed by atoms with E-state index in [2.05, 4.69) is 10.3 Å². The van der Waals surface area contributed by atoms with Gasteiger partial charge in [-0.25, -0.2) is 4.98 Å². The van der Waals surface area contributed by atoms with Crippen molar-refractivity contribution in [3.63, 3.8) is 0 Å². The molecule has 0 unspecified atom stereocenters. The third-order valence-electron chi connectivity index (χ3n) is 3.45. The highest BCUT2D eigenvalue weighted by molar-refractivity contribution is 5.77. The minimum Gasteiger partial charge on any atom is -0.356 e. The number of aromatic nitrogens is 2. The zero-order valence-electron chi connectivity index (χ0n) is 10.3. The zero-order chi connectivity index (χ0) is 12.3. The van der Waals surface area contributed by atoms with Gasteiger partial charge in [-0.2, -0.15) is 0 Å². The first kappa shape index (κ1) is 12.1. The Kier molecular flexibility index (Phi) is 3.47. The SMILES string of the molecule is Cn1ccnc1CCNC(=O)CC1(N)CCC1. The van der Waals surface area contributed by atoms with Crippen LogP contribution in [0.5, 0.6) is 0 Å². The van der Waals surface area contributed by atoms with Crippen molar-refractivity contribution in [2.45, 2.75) is 37.6 Å². The lowest BCUT2D eigenvalue weighted by Crippen LogP contribution is -2.50. The number of nitrogens with zero attached hydrogens (tertiary/aromatic N) is 2. The lowest BCUT2D eigenvalue weighted by molar-refractivity contribution is -0.122. The molecule has 0 saturated heterocycles. The maximum atomic E-state index is 11.6. The Bertz CT molecular complexity index is 395. The molecule has 1 amide bonds. The molecule has 94 valence electrons. The van der Waals surface area contributed by atoms with Crippen LogP contribution < -0.4 is 11.1 Å². The Hall–Kier alpha value is -1.36. The van der Waals surface area contributed by atoms with E-state index in [1.165, 1.54) is 0 Å². The molecule has 3 N–H and O–H groups in total. The largest absolute Gasteiger partial charge is 0.356 e. The van der Waals surface area contributed by atoms with E-state index in [0.29, 0.717) is 13.0 Å². The number of imidazole rings is 1. The van der Waals surface area contributed by atoms with Crippen LogP contribution in [0.4, 0.5) is 0 Å². The van der Waals surface area contributed by atoms with Crippen molar-refractivity contribution in [2.75, 3.05) is 6.54 Å². The number of carbonyl (C=O) groups is 1. The summed E-state index contributed by atoms with van der Waals surface area (Å²) >= 11 is 0. The van der Waals surface area contributed by atoms with Gasteiger partial charge in [0.25, 0.3) is 0 Å². The van der Waals surface area contributed by atoms with E-state index in [1.54, 1.807) is 6.20 Å². The van der Waals surface area contributed by atoms with Gasteiger partial charge in [0.2, 0.25) is 5.91 Å². The lowest BCUT2D eigenvalue weighted by Gasteiger charge is -2.37. The van der Waals surface area contributed by atoms with Gasteiger partial charge in [0, 0.05) is 44.4 Å². The van der Waals surface area contributed by atoms with Crippen molar-refractivity contribution in [3.05, 3.63) is 18.2 Å². The van der Waals surface area contributed by atoms with Gasteiger partial charge in [0.1, 0.15) is 5.82 Å². The zero-order valence-corrected chi connectivity index (χ0v) is 10.3. The Morgan fingerprint density at radius 1 is 1.65 bits per heavy atom. The first-order valence-electron chi connectivity index (χ1n) is 6.11. The number of rotatable bonds is 5. The highest BCUT2D eigenvalue weighted by Gasteiger charge is 2.34. The van der Waals surface area contributed by atoms with Gasteiger partial charge in [-0.1, -0.05) is 0 Å². The van der Waals surface area contributed by atoms with E-state index in [-0.39, 0.29) is 11.4 Å². The molecule has 0 aromatic carbocycles. The fraction of sp³-hybridized carbons (Fsp3) is 0.667. The maximum Gasteiger partial charge on any atom is 0.221 e. The molecule has 17 heavy (non-hydrogen) atoms. The predicted molar refractivity (Wildman–Crippen MR) is 65.3 cm³/mol. The Labute approximate surface area is 101 Å². The number of aryl methyl sites for hydroxylation is 1. The third-order valence-corrected chi connectivity index (χ3v) is 3.45. The molecule has 1 aliphatic rings. The van der Waals surface area contributed by atoms with E-state index in [9.17, 15) is 4.79 Å². The third kappa shape index (κ3) is 3.06. The number of hydrogen-bond donors (Lipinski definition) is 2. The summed E-state index contributed by atoms with van der Waals surface area (Å²) in [6, 6.07) is 0. The molecule has 1 heterocycles. The van der Waals surface area contributed by atoms with Gasteiger partial charge in [-0.05, 0) is 19.3 Å². The first-order valence-corrected chi connectivity index (χ1v) is 6.11. The number of carbonyl (C=O) groups excluding carboxylic acids is 1. The smallest absolute Gasteiger partial charge is 0.221 e. The fourth-order valence-corrected chi connectivity index (χ4v) is 2.14. The molecule has 5 heteroatoms. The van der Waals surface area contributed by atoms with Gasteiger partial charge in [0.15, 0.2) is 0 Å². The summed E-state index contributed by atoms with van der Waals surface area (Å²) in [4.78, 5) is 15.8. The van der Waals surface area contributed by atoms with Crippen molar-refractivity contribution in [1.29, 1.82) is 0 Å². The second-order valence-corrected chi connectivity index (χ2v) is 4.95. The molecule has 1 fully saturated rings. The van der Waals surface area contributed by atoms with Gasteiger partial charge in [0.05, 0.1) is 0 Å². The monoisotopic (exact) mass is 236 g/mol. The van der Waals surface area contributed by atoms with Gasteiger partial charge >= 0.3 is 0 Å². The second-order valence-electron chi connectivity index (χ2n) is 4.95. The summed E-state index contributed by atoms with van der Waals surface area (Å²) in [6.45, 7) is 0.625. The van der Waals surface area contributed by atoms with Crippen molar-refractivity contribution < 1.29 is 4.79 Å². The van der Waals surface area contributed by atoms with Crippen molar-refractivity contribution >= 4 is 5.91 Å². The molecular weight excluding hydrogens is 216 g/mol. The summed E-state index contributed by atoms with van der Waals surface area (Å²) in [5.74, 6) is 1.04. The Morgan fingerprint density at radius 2 is 2.41 bits per heavy atom. The van der Waals surface area contributed by atoms with Crippen LogP contribution in [-0.4, -0.2) is 27.5 Å². The van der Waals surface area contributed by atoms with Crippen LogP contribution in [0.15, 0.2) is 12.4 Å². The topological polar surface area (TPSA) is 72.9 Å². The quantitative estimate of drug-likeness (QED) is 0.775. The molecule has 0 aliphatic heterocycles. The molecule has 1 saturated carbocycles. The fourth-order valence-electron chi connectivity index (χ4n) is 2.14. The lowest BCUT2D eigenvalue weighted by atomic mass is 9.75. The number of hydrogen-bond acceptors (Lipinski definition) is 3. The number of nitrogens with one attached hydrogen (secondary N) is 1. The predicted octanol–water partition coefficient (Wildman–Crippen LogP) is 0.350. The average molecular weight is 236 g/mol. The second kappa shape index (κ2) is 4.87. The van der Waals surface area contributed by atoms with Crippen LogP contribution in [0.1, 0.15) is 31.5 Å². The maximum absolute atomic E-state index is 11.6. The summed E-state index contributed by atoms with van der Waals surface area (Å²) in [5, 5.41) is 2.90. The summed E-state index contributed by atoms with van der Waals surface area (Å²) in [6.07, 6.45) is 7.97. The molecule has 0 spiro atoms. The molecular formula is C12H20N4O. The van der Waals surface area contributed by atoms with Crippen LogP contribution >= 0.6 is 0 Å². The Morgan fingerprint density at radius 3 is 2.94 bits per heavy atom. The van der Waals surface area contributed by atoms with E-state index in [1.807, 2.05) is 17.8 Å². The van der Waals surface area contributed by atoms with Crippen LogP contribution in [-0.2, 0) is 18.3 Å². The molecule has 0 radical (unpaired) electrons. The highest BCUT2D eigenvalue weighted by Crippen LogP contribution is 2.31. The van der Waals surface area contributed by atoms with Crippen molar-refractivity contribution in [3.8, 4) is 0 Å². The van der Waals surface area contributed by atoms with Crippen molar-refractivity contribution in [1.82, 2.24) is 14.9 Å². The molecule has 2 rings (SSSR count). The van der Waals surface area contributed by atoms with E-state index < -0.39 is 0 Å². The van der Waals surface area contributed by atoms with Gasteiger partial charge in [-0.15, -0.1) is 0 Å². The molecule has 5 nitrogen and oxygen atoms in total. The highest BCUT2D eigenvalue weighted by atomic mass is 16.1. The molecule has 1 aromatic heterocycles. The summed E-state index contributed by atoms with van der Waals surface area (Å²) in [5.41, 5.74) is 5.79. The van der Waals surface area contributed by atoms with E-state index in [0.717, 1.165) is 31.5 Å². The van der Waals surface area contributed by atoms with Gasteiger partial charge < -0.3 is 15.6 Å². The van der Waals surface area contributed by atoms with E-state index >= 15 is 0 Å².